The first-order valence-corrected chi connectivity index (χ1v) is 12.2. The Morgan fingerprint density at radius 1 is 0.515 bits per heavy atom. The molecule has 0 fully saturated rings. The quantitative estimate of drug-likeness (QED) is 0.323. The second kappa shape index (κ2) is 10.1. The molecule has 33 heavy (non-hydrogen) atoms. The smallest absolute Gasteiger partial charge is 0.208 e. The van der Waals surface area contributed by atoms with Gasteiger partial charge in [0.2, 0.25) is 11.5 Å². The van der Waals surface area contributed by atoms with Gasteiger partial charge >= 0.3 is 0 Å². The maximum atomic E-state index is 6.47. The third kappa shape index (κ3) is 5.51. The van der Waals surface area contributed by atoms with Crippen LogP contribution in [0.15, 0.2) is 18.2 Å². The fourth-order valence-electron chi connectivity index (χ4n) is 4.08. The van der Waals surface area contributed by atoms with Gasteiger partial charge in [-0.05, 0) is 80.9 Å². The summed E-state index contributed by atoms with van der Waals surface area (Å²) in [6.07, 6.45) is 0.574. The van der Waals surface area contributed by atoms with Crippen molar-refractivity contribution in [3.8, 4) is 39.9 Å². The van der Waals surface area contributed by atoms with Gasteiger partial charge in [0.25, 0.3) is 0 Å². The molecule has 0 bridgehead atoms. The molecule has 2 aromatic carbocycles. The molecule has 0 aromatic heterocycles. The van der Waals surface area contributed by atoms with Crippen LogP contribution < -0.4 is 23.7 Å². The van der Waals surface area contributed by atoms with Crippen molar-refractivity contribution in [1.29, 1.82) is 0 Å². The maximum Gasteiger partial charge on any atom is 0.208 e. The van der Waals surface area contributed by atoms with Crippen molar-refractivity contribution in [1.82, 2.24) is 0 Å². The second-order valence-corrected chi connectivity index (χ2v) is 9.97. The standard InChI is InChI=1S/C28H40O5/c1-15(2)29-22-13-11-12-20-14-21-24(23(20)22)26(31-17(5)6)28(33-19(9)10)27(32-18(7)8)25(21)30-16(3)4/h11-13,15-19H,14H2,1-10H3. The van der Waals surface area contributed by atoms with Crippen LogP contribution in [0.4, 0.5) is 0 Å². The first-order chi connectivity index (χ1) is 15.5. The van der Waals surface area contributed by atoms with E-state index in [1.54, 1.807) is 0 Å². The summed E-state index contributed by atoms with van der Waals surface area (Å²) in [7, 11) is 0. The van der Waals surface area contributed by atoms with E-state index in [-0.39, 0.29) is 30.5 Å². The molecule has 0 radical (unpaired) electrons. The first kappa shape index (κ1) is 25.1. The molecule has 0 aliphatic heterocycles. The zero-order valence-corrected chi connectivity index (χ0v) is 21.9. The van der Waals surface area contributed by atoms with Crippen LogP contribution in [0.5, 0.6) is 28.7 Å². The third-order valence-corrected chi connectivity index (χ3v) is 4.93. The molecule has 1 aliphatic rings. The van der Waals surface area contributed by atoms with Gasteiger partial charge in [-0.15, -0.1) is 0 Å². The van der Waals surface area contributed by atoms with Gasteiger partial charge in [-0.25, -0.2) is 0 Å². The van der Waals surface area contributed by atoms with Gasteiger partial charge in [-0.1, -0.05) is 12.1 Å². The minimum absolute atomic E-state index is 0.0255. The molecule has 0 amide bonds. The SMILES string of the molecule is CC(C)Oc1cccc2c1-c1c(c(OC(C)C)c(OC(C)C)c(OC(C)C)c1OC(C)C)C2. The van der Waals surface area contributed by atoms with E-state index in [2.05, 4.69) is 6.07 Å². The van der Waals surface area contributed by atoms with E-state index < -0.39 is 0 Å². The van der Waals surface area contributed by atoms with Crippen molar-refractivity contribution in [3.05, 3.63) is 29.3 Å². The highest BCUT2D eigenvalue weighted by molar-refractivity contribution is 5.92. The molecular weight excluding hydrogens is 416 g/mol. The van der Waals surface area contributed by atoms with E-state index in [1.807, 2.05) is 81.4 Å². The molecule has 0 atom stereocenters. The number of hydrogen-bond donors (Lipinski definition) is 0. The van der Waals surface area contributed by atoms with Crippen LogP contribution in [0.25, 0.3) is 11.1 Å². The number of ether oxygens (including phenoxy) is 5. The monoisotopic (exact) mass is 456 g/mol. The highest BCUT2D eigenvalue weighted by Gasteiger charge is 2.37. The van der Waals surface area contributed by atoms with Crippen LogP contribution in [-0.4, -0.2) is 30.5 Å². The number of benzene rings is 2. The molecule has 2 aromatic rings. The van der Waals surface area contributed by atoms with Crippen molar-refractivity contribution in [2.45, 2.75) is 106 Å². The third-order valence-electron chi connectivity index (χ3n) is 4.93. The Kier molecular flexibility index (Phi) is 7.71. The Bertz CT molecular complexity index is 973. The molecule has 5 heteroatoms. The fraction of sp³-hybridized carbons (Fsp3) is 0.571. The van der Waals surface area contributed by atoms with E-state index in [1.165, 1.54) is 5.56 Å². The molecule has 5 nitrogen and oxygen atoms in total. The van der Waals surface area contributed by atoms with Gasteiger partial charge in [0.05, 0.1) is 30.5 Å². The summed E-state index contributed by atoms with van der Waals surface area (Å²) in [5.74, 6) is 3.47. The highest BCUT2D eigenvalue weighted by Crippen LogP contribution is 2.60. The molecule has 0 N–H and O–H groups in total. The minimum Gasteiger partial charge on any atom is -0.490 e. The van der Waals surface area contributed by atoms with Crippen LogP contribution in [0, 0.1) is 0 Å². The van der Waals surface area contributed by atoms with Gasteiger partial charge in [0.15, 0.2) is 11.5 Å². The van der Waals surface area contributed by atoms with Crippen LogP contribution in [-0.2, 0) is 6.42 Å². The van der Waals surface area contributed by atoms with Crippen LogP contribution in [0.1, 0.15) is 80.4 Å². The van der Waals surface area contributed by atoms with Crippen LogP contribution in [0.3, 0.4) is 0 Å². The van der Waals surface area contributed by atoms with Gasteiger partial charge < -0.3 is 23.7 Å². The van der Waals surface area contributed by atoms with Crippen LogP contribution in [0.2, 0.25) is 0 Å². The number of rotatable bonds is 10. The van der Waals surface area contributed by atoms with E-state index in [0.717, 1.165) is 28.2 Å². The van der Waals surface area contributed by atoms with Gasteiger partial charge in [-0.3, -0.25) is 0 Å². The lowest BCUT2D eigenvalue weighted by Crippen LogP contribution is -2.17. The molecule has 0 unspecified atom stereocenters. The van der Waals surface area contributed by atoms with Gasteiger partial charge in [0.1, 0.15) is 5.75 Å². The van der Waals surface area contributed by atoms with Crippen molar-refractivity contribution in [3.63, 3.8) is 0 Å². The van der Waals surface area contributed by atoms with E-state index in [0.29, 0.717) is 23.7 Å². The molecule has 0 saturated heterocycles. The van der Waals surface area contributed by atoms with Crippen molar-refractivity contribution >= 4 is 0 Å². The summed E-state index contributed by atoms with van der Waals surface area (Å²) in [4.78, 5) is 0. The predicted molar refractivity (Wildman–Crippen MR) is 134 cm³/mol. The Morgan fingerprint density at radius 2 is 0.970 bits per heavy atom. The van der Waals surface area contributed by atoms with Gasteiger partial charge in [0, 0.05) is 23.1 Å². The highest BCUT2D eigenvalue weighted by atomic mass is 16.6. The first-order valence-electron chi connectivity index (χ1n) is 12.2. The maximum absolute atomic E-state index is 6.47. The summed E-state index contributed by atoms with van der Waals surface area (Å²) in [6.45, 7) is 20.2. The molecular formula is C28H40O5. The second-order valence-electron chi connectivity index (χ2n) is 9.97. The molecule has 3 rings (SSSR count). The zero-order valence-electron chi connectivity index (χ0n) is 21.9. The van der Waals surface area contributed by atoms with Gasteiger partial charge in [-0.2, -0.15) is 0 Å². The molecule has 0 heterocycles. The minimum atomic E-state index is -0.0676. The molecule has 1 aliphatic carbocycles. The predicted octanol–water partition coefficient (Wildman–Crippen LogP) is 7.19. The normalized spacial score (nSPS) is 12.6. The topological polar surface area (TPSA) is 46.2 Å². The van der Waals surface area contributed by atoms with Crippen molar-refractivity contribution < 1.29 is 23.7 Å². The summed E-state index contributed by atoms with van der Waals surface area (Å²) in [5, 5.41) is 0. The lowest BCUT2D eigenvalue weighted by atomic mass is 10.0. The summed E-state index contributed by atoms with van der Waals surface area (Å²) in [6, 6.07) is 6.22. The van der Waals surface area contributed by atoms with E-state index in [9.17, 15) is 0 Å². The summed E-state index contributed by atoms with van der Waals surface area (Å²) in [5.41, 5.74) is 4.27. The number of fused-ring (bicyclic) bond motifs is 3. The van der Waals surface area contributed by atoms with Crippen molar-refractivity contribution in [2.24, 2.45) is 0 Å². The van der Waals surface area contributed by atoms with Crippen molar-refractivity contribution in [2.75, 3.05) is 0 Å². The Labute approximate surface area is 199 Å². The lowest BCUT2D eigenvalue weighted by Gasteiger charge is -2.27. The Hall–Kier alpha value is -2.56. The lowest BCUT2D eigenvalue weighted by molar-refractivity contribution is 0.162. The van der Waals surface area contributed by atoms with E-state index in [4.69, 9.17) is 23.7 Å². The average molecular weight is 457 g/mol. The van der Waals surface area contributed by atoms with Crippen LogP contribution >= 0.6 is 0 Å². The Morgan fingerprint density at radius 3 is 1.48 bits per heavy atom. The largest absolute Gasteiger partial charge is 0.490 e. The zero-order chi connectivity index (χ0) is 24.4. The molecule has 0 saturated carbocycles. The summed E-state index contributed by atoms with van der Waals surface area (Å²) < 4.78 is 31.9. The molecule has 182 valence electrons. The summed E-state index contributed by atoms with van der Waals surface area (Å²) >= 11 is 0. The molecule has 0 spiro atoms. The average Bonchev–Trinajstić information content (AvgIpc) is 3.06. The fourth-order valence-corrected chi connectivity index (χ4v) is 4.08. The Balaban J connectivity index is 2.43. The number of hydrogen-bond acceptors (Lipinski definition) is 5. The van der Waals surface area contributed by atoms with E-state index >= 15 is 0 Å².